The molecular weight excluding hydrogens is 709 g/mol. The fourth-order valence-electron chi connectivity index (χ4n) is 5.03. The molecule has 0 unspecified atom stereocenters. The molecule has 5 aromatic rings. The van der Waals surface area contributed by atoms with E-state index in [-0.39, 0.29) is 43.5 Å². The number of furan rings is 1. The molecule has 41 heavy (non-hydrogen) atoms. The third kappa shape index (κ3) is 6.97. The van der Waals surface area contributed by atoms with Gasteiger partial charge in [-0.05, 0) is 75.9 Å². The van der Waals surface area contributed by atoms with Crippen LogP contribution in [0.3, 0.4) is 0 Å². The third-order valence-corrected chi connectivity index (χ3v) is 8.94. The third-order valence-electron chi connectivity index (χ3n) is 7.78. The number of aliphatic hydroxyl groups excluding tert-OH is 1. The van der Waals surface area contributed by atoms with E-state index in [2.05, 4.69) is 43.1 Å². The second-order valence-corrected chi connectivity index (χ2v) is 11.6. The van der Waals surface area contributed by atoms with Crippen molar-refractivity contribution in [2.24, 2.45) is 11.8 Å². The Bertz CT molecular complexity index is 1680. The summed E-state index contributed by atoms with van der Waals surface area (Å²) in [6.45, 7) is 14.3. The fraction of sp³-hybridized carbons (Fsp3) is 0.382. The van der Waals surface area contributed by atoms with Gasteiger partial charge in [-0.15, -0.1) is 29.5 Å². The molecule has 0 saturated heterocycles. The number of fused-ring (bicyclic) bond motifs is 4. The minimum Gasteiger partial charge on any atom is -0.512 e. The summed E-state index contributed by atoms with van der Waals surface area (Å²) >= 11 is 1.79. The zero-order valence-corrected chi connectivity index (χ0v) is 28.1. The zero-order chi connectivity index (χ0) is 29.0. The number of hydrogen-bond acceptors (Lipinski definition) is 6. The van der Waals surface area contributed by atoms with E-state index in [1.807, 2.05) is 52.8 Å². The van der Waals surface area contributed by atoms with Crippen molar-refractivity contribution in [1.29, 1.82) is 0 Å². The van der Waals surface area contributed by atoms with E-state index in [1.54, 1.807) is 11.3 Å². The van der Waals surface area contributed by atoms with Gasteiger partial charge in [-0.1, -0.05) is 44.7 Å². The van der Waals surface area contributed by atoms with Crippen LogP contribution >= 0.6 is 11.3 Å². The Morgan fingerprint density at radius 1 is 0.951 bits per heavy atom. The van der Waals surface area contributed by atoms with Crippen molar-refractivity contribution in [2.75, 3.05) is 0 Å². The minimum absolute atomic E-state index is 0. The molecule has 0 aliphatic rings. The standard InChI is InChI=1S/C21H15N2OS.C13H24O2.Ir/c1-11-7-8-15-14-5-4-6-16(20(14)24-21(15)22-11)17-9-10-18-19(23-17)12(2)13(3)25-18;1-5-10(6-2)12(14)9-13(15)11(7-3)8-4;/h4-5,7-10H,1-3H3;9-11,14H,5-8H2,1-4H3;/q-1;;/b;12-9-;. The molecule has 0 aliphatic heterocycles. The molecule has 5 nitrogen and oxygen atoms in total. The first-order valence-corrected chi connectivity index (χ1v) is 15.1. The quantitative estimate of drug-likeness (QED) is 0.0972. The SMILES string of the molecule is CCC(CC)C(=O)/C=C(\O)C(CC)CC.Cc1ccc2c(n1)oc1c(-c3ccc4sc(C)c(C)c4n3)[c-]ccc12.[Ir]. The molecule has 1 N–H and O–H groups in total. The molecule has 0 atom stereocenters. The molecule has 1 radical (unpaired) electrons. The van der Waals surface area contributed by atoms with E-state index in [0.29, 0.717) is 5.71 Å². The molecule has 0 fully saturated rings. The van der Waals surface area contributed by atoms with Crippen molar-refractivity contribution in [1.82, 2.24) is 9.97 Å². The number of pyridine rings is 2. The van der Waals surface area contributed by atoms with Crippen molar-refractivity contribution in [3.8, 4) is 11.3 Å². The molecule has 0 amide bonds. The van der Waals surface area contributed by atoms with Crippen LogP contribution in [0, 0.1) is 38.7 Å². The first-order valence-electron chi connectivity index (χ1n) is 14.2. The topological polar surface area (TPSA) is 76.2 Å². The van der Waals surface area contributed by atoms with Gasteiger partial charge in [0.05, 0.1) is 21.6 Å². The number of thiophene rings is 1. The molecule has 4 aromatic heterocycles. The van der Waals surface area contributed by atoms with Crippen molar-refractivity contribution in [3.63, 3.8) is 0 Å². The van der Waals surface area contributed by atoms with E-state index in [9.17, 15) is 9.90 Å². The number of hydrogen-bond donors (Lipinski definition) is 1. The van der Waals surface area contributed by atoms with E-state index < -0.39 is 0 Å². The van der Waals surface area contributed by atoms with E-state index in [1.165, 1.54) is 21.2 Å². The molecule has 4 heterocycles. The zero-order valence-electron chi connectivity index (χ0n) is 24.9. The fourth-order valence-corrected chi connectivity index (χ4v) is 6.04. The summed E-state index contributed by atoms with van der Waals surface area (Å²) in [7, 11) is 0. The predicted octanol–water partition coefficient (Wildman–Crippen LogP) is 9.85. The first-order chi connectivity index (χ1) is 19.2. The van der Waals surface area contributed by atoms with Gasteiger partial charge in [0.2, 0.25) is 5.71 Å². The van der Waals surface area contributed by atoms with Gasteiger partial charge in [0.1, 0.15) is 0 Å². The molecule has 5 rings (SSSR count). The van der Waals surface area contributed by atoms with Crippen molar-refractivity contribution in [3.05, 3.63) is 70.4 Å². The maximum Gasteiger partial charge on any atom is 0.216 e. The number of benzene rings is 1. The van der Waals surface area contributed by atoms with Gasteiger partial charge in [-0.3, -0.25) is 9.78 Å². The molecule has 0 bridgehead atoms. The Balaban J connectivity index is 0.000000253. The number of aliphatic hydroxyl groups is 1. The molecule has 219 valence electrons. The first kappa shape index (κ1) is 32.7. The van der Waals surface area contributed by atoms with E-state index in [4.69, 9.17) is 9.40 Å². The number of aryl methyl sites for hydroxylation is 3. The summed E-state index contributed by atoms with van der Waals surface area (Å²) in [5.41, 5.74) is 6.49. The van der Waals surface area contributed by atoms with E-state index in [0.717, 1.165) is 64.5 Å². The van der Waals surface area contributed by atoms with Crippen LogP contribution in [0.4, 0.5) is 0 Å². The van der Waals surface area contributed by atoms with Crippen LogP contribution in [0.5, 0.6) is 0 Å². The minimum atomic E-state index is 0. The number of carbonyl (C=O) groups is 1. The van der Waals surface area contributed by atoms with Gasteiger partial charge in [-0.25, -0.2) is 4.98 Å². The summed E-state index contributed by atoms with van der Waals surface area (Å²) in [5.74, 6) is 0.547. The number of ketones is 1. The molecule has 1 aromatic carbocycles. The van der Waals surface area contributed by atoms with Gasteiger partial charge in [-0.2, -0.15) is 0 Å². The molecular formula is C34H39IrN2O3S-. The van der Waals surface area contributed by atoms with Crippen LogP contribution in [0.15, 0.2) is 52.7 Å². The van der Waals surface area contributed by atoms with E-state index >= 15 is 0 Å². The van der Waals surface area contributed by atoms with Gasteiger partial charge >= 0.3 is 0 Å². The summed E-state index contributed by atoms with van der Waals surface area (Å²) < 4.78 is 7.30. The molecule has 7 heteroatoms. The molecule has 0 saturated carbocycles. The van der Waals surface area contributed by atoms with Crippen molar-refractivity contribution < 1.29 is 34.4 Å². The Morgan fingerprint density at radius 2 is 1.63 bits per heavy atom. The Hall–Kier alpha value is -2.86. The number of allylic oxidation sites excluding steroid dienone is 2. The maximum atomic E-state index is 11.7. The van der Waals surface area contributed by atoms with Crippen LogP contribution in [0.1, 0.15) is 69.5 Å². The number of aromatic nitrogens is 2. The summed E-state index contributed by atoms with van der Waals surface area (Å²) in [4.78, 5) is 22.4. The second-order valence-electron chi connectivity index (χ2n) is 10.3. The second kappa shape index (κ2) is 14.4. The van der Waals surface area contributed by atoms with Crippen LogP contribution in [0.25, 0.3) is 43.5 Å². The number of nitrogens with zero attached hydrogens (tertiary/aromatic N) is 2. The Morgan fingerprint density at radius 3 is 2.29 bits per heavy atom. The number of rotatable bonds is 8. The van der Waals surface area contributed by atoms with Crippen LogP contribution in [0.2, 0.25) is 0 Å². The summed E-state index contributed by atoms with van der Waals surface area (Å²) in [5, 5.41) is 11.8. The molecule has 0 aliphatic carbocycles. The normalized spacial score (nSPS) is 11.8. The van der Waals surface area contributed by atoms with Gasteiger partial charge in [0.15, 0.2) is 5.78 Å². The average Bonchev–Trinajstić information content (AvgIpc) is 3.45. The Kier molecular flexibility index (Phi) is 11.4. The molecule has 0 spiro atoms. The van der Waals surface area contributed by atoms with Gasteiger partial charge in [0, 0.05) is 54.0 Å². The largest absolute Gasteiger partial charge is 0.512 e. The van der Waals surface area contributed by atoms with Crippen LogP contribution in [-0.2, 0) is 24.9 Å². The average molecular weight is 748 g/mol. The van der Waals surface area contributed by atoms with Crippen molar-refractivity contribution in [2.45, 2.75) is 74.1 Å². The smallest absolute Gasteiger partial charge is 0.216 e. The van der Waals surface area contributed by atoms with Gasteiger partial charge in [0.25, 0.3) is 0 Å². The summed E-state index contributed by atoms with van der Waals surface area (Å²) in [6.07, 6.45) is 4.91. The van der Waals surface area contributed by atoms with Crippen LogP contribution < -0.4 is 0 Å². The van der Waals surface area contributed by atoms with Crippen molar-refractivity contribution >= 4 is 49.4 Å². The van der Waals surface area contributed by atoms with Crippen LogP contribution in [-0.4, -0.2) is 20.9 Å². The van der Waals surface area contributed by atoms with Gasteiger partial charge < -0.3 is 9.52 Å². The maximum absolute atomic E-state index is 11.7. The summed E-state index contributed by atoms with van der Waals surface area (Å²) in [6, 6.07) is 15.5. The Labute approximate surface area is 260 Å². The monoisotopic (exact) mass is 748 g/mol. The predicted molar refractivity (Wildman–Crippen MR) is 167 cm³/mol. The number of carbonyl (C=O) groups excluding carboxylic acids is 1.